The summed E-state index contributed by atoms with van der Waals surface area (Å²) in [4.78, 5) is 23.4. The smallest absolute Gasteiger partial charge is 0.315 e. The van der Waals surface area contributed by atoms with Crippen LogP contribution in [0.2, 0.25) is 0 Å². The Labute approximate surface area is 108 Å². The van der Waals surface area contributed by atoms with E-state index in [1.54, 1.807) is 0 Å². The van der Waals surface area contributed by atoms with Gasteiger partial charge in [0.1, 0.15) is 0 Å². The summed E-state index contributed by atoms with van der Waals surface area (Å²) in [7, 11) is 1.54. The summed E-state index contributed by atoms with van der Waals surface area (Å²) in [5, 5.41) is 5.17. The molecule has 0 fully saturated rings. The minimum Gasteiger partial charge on any atom is -0.341 e. The molecule has 2 N–H and O–H groups in total. The lowest BCUT2D eigenvalue weighted by molar-refractivity contribution is -0.123. The first kappa shape index (κ1) is 14.2. The maximum Gasteiger partial charge on any atom is 0.315 e. The lowest BCUT2D eigenvalue weighted by atomic mass is 9.96. The zero-order chi connectivity index (χ0) is 13.5. The number of carbonyl (C=O) groups is 2. The summed E-state index contributed by atoms with van der Waals surface area (Å²) >= 11 is 0. The van der Waals surface area contributed by atoms with Gasteiger partial charge in [0.2, 0.25) is 0 Å². The van der Waals surface area contributed by atoms with Crippen LogP contribution >= 0.6 is 0 Å². The number of benzene rings is 1. The summed E-state index contributed by atoms with van der Waals surface area (Å²) < 4.78 is 0. The molecule has 0 spiro atoms. The molecule has 0 aromatic heterocycles. The number of hydrogen-bond acceptors (Lipinski definition) is 2. The summed E-state index contributed by atoms with van der Waals surface area (Å²) in [6, 6.07) is 8.86. The number of ketones is 1. The van der Waals surface area contributed by atoms with E-state index < -0.39 is 6.04 Å². The highest BCUT2D eigenvalue weighted by Crippen LogP contribution is 2.08. The summed E-state index contributed by atoms with van der Waals surface area (Å²) in [5.74, 6) is -0.0571. The second kappa shape index (κ2) is 6.79. The first-order valence-electron chi connectivity index (χ1n) is 6.10. The van der Waals surface area contributed by atoms with Crippen LogP contribution in [-0.2, 0) is 11.2 Å². The average Bonchev–Trinajstić information content (AvgIpc) is 2.38. The van der Waals surface area contributed by atoms with E-state index in [0.717, 1.165) is 5.56 Å². The predicted octanol–water partition coefficient (Wildman–Crippen LogP) is 1.75. The van der Waals surface area contributed by atoms with Gasteiger partial charge in [0.05, 0.1) is 6.04 Å². The van der Waals surface area contributed by atoms with Crippen LogP contribution < -0.4 is 10.6 Å². The maximum atomic E-state index is 12.1. The number of nitrogens with one attached hydrogen (secondary N) is 2. The fraction of sp³-hybridized carbons (Fsp3) is 0.429. The van der Waals surface area contributed by atoms with Gasteiger partial charge in [-0.1, -0.05) is 44.2 Å². The normalized spacial score (nSPS) is 12.0. The molecule has 2 amide bonds. The topological polar surface area (TPSA) is 58.2 Å². The van der Waals surface area contributed by atoms with Crippen molar-refractivity contribution in [3.8, 4) is 0 Å². The van der Waals surface area contributed by atoms with Crippen LogP contribution in [0, 0.1) is 5.92 Å². The number of Topliss-reactive ketones (excluding diaryl/α,β-unsaturated/α-hetero) is 1. The molecule has 1 rings (SSSR count). The highest BCUT2D eigenvalue weighted by molar-refractivity contribution is 5.89. The summed E-state index contributed by atoms with van der Waals surface area (Å²) in [5.41, 5.74) is 1.04. The lowest BCUT2D eigenvalue weighted by Crippen LogP contribution is -2.47. The van der Waals surface area contributed by atoms with Gasteiger partial charge in [-0.2, -0.15) is 0 Å². The van der Waals surface area contributed by atoms with Gasteiger partial charge in [0, 0.05) is 13.0 Å². The highest BCUT2D eigenvalue weighted by atomic mass is 16.2. The van der Waals surface area contributed by atoms with Crippen LogP contribution in [0.1, 0.15) is 19.4 Å². The van der Waals surface area contributed by atoms with E-state index in [0.29, 0.717) is 6.42 Å². The number of hydrogen-bond donors (Lipinski definition) is 2. The predicted molar refractivity (Wildman–Crippen MR) is 71.4 cm³/mol. The Morgan fingerprint density at radius 1 is 1.17 bits per heavy atom. The largest absolute Gasteiger partial charge is 0.341 e. The van der Waals surface area contributed by atoms with Crippen molar-refractivity contribution in [1.29, 1.82) is 0 Å². The monoisotopic (exact) mass is 248 g/mol. The lowest BCUT2D eigenvalue weighted by Gasteiger charge is -2.19. The van der Waals surface area contributed by atoms with Crippen LogP contribution in [0.25, 0.3) is 0 Å². The Morgan fingerprint density at radius 3 is 2.28 bits per heavy atom. The summed E-state index contributed by atoms with van der Waals surface area (Å²) in [6.45, 7) is 3.68. The van der Waals surface area contributed by atoms with Gasteiger partial charge in [-0.3, -0.25) is 4.79 Å². The fourth-order valence-electron chi connectivity index (χ4n) is 1.71. The van der Waals surface area contributed by atoms with Gasteiger partial charge in [0.25, 0.3) is 0 Å². The molecule has 0 bridgehead atoms. The van der Waals surface area contributed by atoms with Crippen molar-refractivity contribution < 1.29 is 9.59 Å². The van der Waals surface area contributed by atoms with Crippen molar-refractivity contribution >= 4 is 11.8 Å². The number of rotatable bonds is 5. The molecule has 0 heterocycles. The second-order valence-electron chi connectivity index (χ2n) is 4.52. The first-order chi connectivity index (χ1) is 8.54. The molecule has 0 saturated carbocycles. The third kappa shape index (κ3) is 4.20. The van der Waals surface area contributed by atoms with E-state index >= 15 is 0 Å². The molecule has 0 aliphatic heterocycles. The molecule has 98 valence electrons. The quantitative estimate of drug-likeness (QED) is 0.834. The van der Waals surface area contributed by atoms with Crippen molar-refractivity contribution in [3.05, 3.63) is 35.9 Å². The molecule has 0 aliphatic carbocycles. The van der Waals surface area contributed by atoms with E-state index in [1.165, 1.54) is 7.05 Å². The molecule has 1 aromatic carbocycles. The molecule has 1 aromatic rings. The molecular formula is C14H20N2O2. The third-order valence-corrected chi connectivity index (χ3v) is 2.73. The highest BCUT2D eigenvalue weighted by Gasteiger charge is 2.22. The Morgan fingerprint density at radius 2 is 1.78 bits per heavy atom. The van der Waals surface area contributed by atoms with Gasteiger partial charge in [-0.05, 0) is 12.0 Å². The van der Waals surface area contributed by atoms with Crippen molar-refractivity contribution in [2.24, 2.45) is 5.92 Å². The maximum absolute atomic E-state index is 12.1. The van der Waals surface area contributed by atoms with Crippen LogP contribution in [0.5, 0.6) is 0 Å². The Hall–Kier alpha value is -1.84. The minimum atomic E-state index is -0.479. The molecule has 0 saturated heterocycles. The summed E-state index contributed by atoms with van der Waals surface area (Å²) in [6.07, 6.45) is 0.519. The van der Waals surface area contributed by atoms with E-state index in [2.05, 4.69) is 10.6 Å². The Kier molecular flexibility index (Phi) is 5.36. The van der Waals surface area contributed by atoms with Crippen LogP contribution in [0.15, 0.2) is 30.3 Å². The average molecular weight is 248 g/mol. The molecule has 0 aliphatic rings. The van der Waals surface area contributed by atoms with Crippen molar-refractivity contribution in [1.82, 2.24) is 10.6 Å². The molecule has 0 radical (unpaired) electrons. The molecular weight excluding hydrogens is 228 g/mol. The van der Waals surface area contributed by atoms with E-state index in [-0.39, 0.29) is 17.7 Å². The van der Waals surface area contributed by atoms with Crippen LogP contribution in [-0.4, -0.2) is 24.9 Å². The van der Waals surface area contributed by atoms with Crippen LogP contribution in [0.4, 0.5) is 4.79 Å². The molecule has 1 atom stereocenters. The number of amides is 2. The molecule has 0 unspecified atom stereocenters. The fourth-order valence-corrected chi connectivity index (χ4v) is 1.71. The number of carbonyl (C=O) groups excluding carboxylic acids is 2. The van der Waals surface area contributed by atoms with Gasteiger partial charge in [0.15, 0.2) is 5.78 Å². The minimum absolute atomic E-state index is 0.0439. The SMILES string of the molecule is CNC(=O)N[C@@H](Cc1ccccc1)C(=O)C(C)C. The second-order valence-corrected chi connectivity index (χ2v) is 4.52. The van der Waals surface area contributed by atoms with E-state index in [4.69, 9.17) is 0 Å². The zero-order valence-electron chi connectivity index (χ0n) is 11.1. The molecule has 4 nitrogen and oxygen atoms in total. The standard InChI is InChI=1S/C14H20N2O2/c1-10(2)13(17)12(16-14(18)15-3)9-11-7-5-4-6-8-11/h4-8,10,12H,9H2,1-3H3,(H2,15,16,18)/t12-/m0/s1. The third-order valence-electron chi connectivity index (χ3n) is 2.73. The molecule has 18 heavy (non-hydrogen) atoms. The van der Waals surface area contributed by atoms with Gasteiger partial charge in [-0.25, -0.2) is 4.79 Å². The molecule has 4 heteroatoms. The first-order valence-corrected chi connectivity index (χ1v) is 6.10. The van der Waals surface area contributed by atoms with Gasteiger partial charge in [-0.15, -0.1) is 0 Å². The Bertz CT molecular complexity index is 402. The van der Waals surface area contributed by atoms with Crippen molar-refractivity contribution in [2.45, 2.75) is 26.3 Å². The zero-order valence-corrected chi connectivity index (χ0v) is 11.1. The van der Waals surface area contributed by atoms with Crippen molar-refractivity contribution in [3.63, 3.8) is 0 Å². The van der Waals surface area contributed by atoms with Gasteiger partial charge >= 0.3 is 6.03 Å². The van der Waals surface area contributed by atoms with E-state index in [1.807, 2.05) is 44.2 Å². The van der Waals surface area contributed by atoms with E-state index in [9.17, 15) is 9.59 Å². The van der Waals surface area contributed by atoms with Gasteiger partial charge < -0.3 is 10.6 Å². The van der Waals surface area contributed by atoms with Crippen molar-refractivity contribution in [2.75, 3.05) is 7.05 Å². The number of urea groups is 1. The Balaban J connectivity index is 2.77. The van der Waals surface area contributed by atoms with Crippen LogP contribution in [0.3, 0.4) is 0 Å².